The van der Waals surface area contributed by atoms with Crippen LogP contribution < -0.4 is 5.43 Å². The number of phenolic OH excluding ortho intramolecular Hbond substituents is 1. The minimum atomic E-state index is -0.417. The number of phenols is 1. The number of carbonyl (C=O) groups excluding carboxylic acids is 1. The van der Waals surface area contributed by atoms with E-state index in [2.05, 4.69) is 43.6 Å². The molecule has 1 heterocycles. The molecule has 0 atom stereocenters. The Morgan fingerprint density at radius 1 is 1.27 bits per heavy atom. The molecule has 0 saturated carbocycles. The fourth-order valence-corrected chi connectivity index (χ4v) is 2.73. The lowest BCUT2D eigenvalue weighted by Gasteiger charge is -2.00. The lowest BCUT2D eigenvalue weighted by molar-refractivity contribution is 0.0950. The summed E-state index contributed by atoms with van der Waals surface area (Å²) in [6, 6.07) is 14.6. The molecule has 2 aromatic carbocycles. The number of benzene rings is 2. The van der Waals surface area contributed by atoms with Gasteiger partial charge < -0.3 is 5.11 Å². The number of aromatic hydroxyl groups is 1. The largest absolute Gasteiger partial charge is 0.507 e. The summed E-state index contributed by atoms with van der Waals surface area (Å²) >= 11 is 3.31. The number of hydrazone groups is 1. The highest BCUT2D eigenvalue weighted by atomic mass is 79.9. The van der Waals surface area contributed by atoms with E-state index in [1.54, 1.807) is 18.2 Å². The molecule has 7 heteroatoms. The molecule has 0 spiro atoms. The van der Waals surface area contributed by atoms with Gasteiger partial charge >= 0.3 is 0 Å². The van der Waals surface area contributed by atoms with E-state index in [0.29, 0.717) is 17.0 Å². The summed E-state index contributed by atoms with van der Waals surface area (Å²) in [5, 5.41) is 20.5. The van der Waals surface area contributed by atoms with Crippen LogP contribution in [0.1, 0.15) is 28.5 Å². The molecule has 6 nitrogen and oxygen atoms in total. The molecule has 3 N–H and O–H groups in total. The first kappa shape index (κ1) is 17.9. The number of aromatic amines is 1. The molecule has 0 saturated heterocycles. The third-order valence-corrected chi connectivity index (χ3v) is 4.33. The second-order valence-electron chi connectivity index (χ2n) is 5.62. The van der Waals surface area contributed by atoms with Crippen LogP contribution in [0.5, 0.6) is 5.75 Å². The number of nitrogens with zero attached hydrogens (tertiary/aromatic N) is 2. The van der Waals surface area contributed by atoms with E-state index in [9.17, 15) is 9.90 Å². The van der Waals surface area contributed by atoms with Crippen LogP contribution in [0, 0.1) is 0 Å². The maximum Gasteiger partial charge on any atom is 0.289 e. The number of aromatic nitrogens is 2. The van der Waals surface area contributed by atoms with Gasteiger partial charge in [-0.3, -0.25) is 9.89 Å². The van der Waals surface area contributed by atoms with Crippen LogP contribution >= 0.6 is 15.9 Å². The summed E-state index contributed by atoms with van der Waals surface area (Å²) in [7, 11) is 0. The van der Waals surface area contributed by atoms with Crippen molar-refractivity contribution in [3.63, 3.8) is 0 Å². The van der Waals surface area contributed by atoms with Crippen molar-refractivity contribution in [3.8, 4) is 17.0 Å². The summed E-state index contributed by atoms with van der Waals surface area (Å²) in [6.07, 6.45) is 2.35. The number of amides is 1. The Hall–Kier alpha value is -2.93. The van der Waals surface area contributed by atoms with E-state index in [4.69, 9.17) is 0 Å². The minimum Gasteiger partial charge on any atom is -0.507 e. The number of rotatable bonds is 5. The first-order chi connectivity index (χ1) is 12.6. The molecule has 0 unspecified atom stereocenters. The maximum atomic E-state index is 12.2. The molecule has 132 valence electrons. The Kier molecular flexibility index (Phi) is 5.48. The standard InChI is InChI=1S/C19H17BrN4O2/c1-2-12-3-5-13(6-4-12)16-10-17(23-22-16)19(26)24-21-11-14-9-15(20)7-8-18(14)25/h3-11,25H,2H2,1H3,(H,22,23)(H,24,26)/b21-11-. The van der Waals surface area contributed by atoms with Crippen molar-refractivity contribution in [1.82, 2.24) is 15.6 Å². The van der Waals surface area contributed by atoms with Crippen LogP contribution in [0.3, 0.4) is 0 Å². The maximum absolute atomic E-state index is 12.2. The van der Waals surface area contributed by atoms with Gasteiger partial charge in [-0.15, -0.1) is 0 Å². The third-order valence-electron chi connectivity index (χ3n) is 3.84. The third kappa shape index (κ3) is 4.18. The van der Waals surface area contributed by atoms with Crippen molar-refractivity contribution in [2.75, 3.05) is 0 Å². The average Bonchev–Trinajstić information content (AvgIpc) is 3.15. The molecule has 26 heavy (non-hydrogen) atoms. The van der Waals surface area contributed by atoms with Gasteiger partial charge in [0.25, 0.3) is 5.91 Å². The number of hydrogen-bond acceptors (Lipinski definition) is 4. The van der Waals surface area contributed by atoms with Crippen molar-refractivity contribution >= 4 is 28.1 Å². The molecular formula is C19H17BrN4O2. The number of aryl methyl sites for hydroxylation is 1. The van der Waals surface area contributed by atoms with E-state index >= 15 is 0 Å². The zero-order chi connectivity index (χ0) is 18.5. The minimum absolute atomic E-state index is 0.0746. The van der Waals surface area contributed by atoms with E-state index in [0.717, 1.165) is 16.5 Å². The highest BCUT2D eigenvalue weighted by Gasteiger charge is 2.10. The molecule has 0 fully saturated rings. The number of nitrogens with one attached hydrogen (secondary N) is 2. The lowest BCUT2D eigenvalue weighted by atomic mass is 10.1. The second-order valence-corrected chi connectivity index (χ2v) is 6.54. The summed E-state index contributed by atoms with van der Waals surface area (Å²) in [4.78, 5) is 12.2. The van der Waals surface area contributed by atoms with Gasteiger partial charge in [0, 0.05) is 15.6 Å². The molecule has 0 aliphatic carbocycles. The van der Waals surface area contributed by atoms with Gasteiger partial charge in [0.15, 0.2) is 0 Å². The van der Waals surface area contributed by atoms with E-state index in [1.165, 1.54) is 17.8 Å². The van der Waals surface area contributed by atoms with Gasteiger partial charge in [-0.1, -0.05) is 47.1 Å². The second kappa shape index (κ2) is 7.97. The van der Waals surface area contributed by atoms with E-state index in [1.807, 2.05) is 24.3 Å². The molecule has 0 aliphatic heterocycles. The molecular weight excluding hydrogens is 396 g/mol. The Morgan fingerprint density at radius 3 is 2.77 bits per heavy atom. The summed E-state index contributed by atoms with van der Waals surface area (Å²) in [5.41, 5.74) is 6.06. The van der Waals surface area contributed by atoms with E-state index < -0.39 is 5.91 Å². The highest BCUT2D eigenvalue weighted by Crippen LogP contribution is 2.20. The van der Waals surface area contributed by atoms with Crippen molar-refractivity contribution in [3.05, 3.63) is 69.8 Å². The monoisotopic (exact) mass is 412 g/mol. The Bertz CT molecular complexity index is 948. The SMILES string of the molecule is CCc1ccc(-c2cc(C(=O)N/N=C\c3cc(Br)ccc3O)[nH]n2)cc1. The zero-order valence-electron chi connectivity index (χ0n) is 14.0. The van der Waals surface area contributed by atoms with Crippen molar-refractivity contribution in [2.24, 2.45) is 5.10 Å². The molecule has 0 bridgehead atoms. The van der Waals surface area contributed by atoms with Crippen molar-refractivity contribution in [1.29, 1.82) is 0 Å². The zero-order valence-corrected chi connectivity index (χ0v) is 15.6. The first-order valence-corrected chi connectivity index (χ1v) is 8.82. The van der Waals surface area contributed by atoms with Gasteiger partial charge in [0.05, 0.1) is 11.9 Å². The molecule has 3 rings (SSSR count). The normalized spacial score (nSPS) is 11.0. The summed E-state index contributed by atoms with van der Waals surface area (Å²) < 4.78 is 0.801. The smallest absolute Gasteiger partial charge is 0.289 e. The Labute approximate surface area is 159 Å². The van der Waals surface area contributed by atoms with Gasteiger partial charge in [-0.05, 0) is 36.2 Å². The van der Waals surface area contributed by atoms with Gasteiger partial charge in [-0.2, -0.15) is 10.2 Å². The molecule has 1 amide bonds. The van der Waals surface area contributed by atoms with Crippen molar-refractivity contribution < 1.29 is 9.90 Å². The number of carbonyl (C=O) groups is 1. The highest BCUT2D eigenvalue weighted by molar-refractivity contribution is 9.10. The van der Waals surface area contributed by atoms with Crippen LogP contribution in [0.2, 0.25) is 0 Å². The average molecular weight is 413 g/mol. The molecule has 1 aromatic heterocycles. The Balaban J connectivity index is 1.68. The Morgan fingerprint density at radius 2 is 2.04 bits per heavy atom. The van der Waals surface area contributed by atoms with Crippen LogP contribution in [-0.4, -0.2) is 27.4 Å². The molecule has 3 aromatic rings. The van der Waals surface area contributed by atoms with Crippen molar-refractivity contribution in [2.45, 2.75) is 13.3 Å². The van der Waals surface area contributed by atoms with E-state index in [-0.39, 0.29) is 5.75 Å². The number of H-pyrrole nitrogens is 1. The first-order valence-electron chi connectivity index (χ1n) is 8.03. The fourth-order valence-electron chi connectivity index (χ4n) is 2.35. The van der Waals surface area contributed by atoms with Gasteiger partial charge in [0.1, 0.15) is 11.4 Å². The van der Waals surface area contributed by atoms with Crippen LogP contribution in [0.4, 0.5) is 0 Å². The lowest BCUT2D eigenvalue weighted by Crippen LogP contribution is -2.18. The van der Waals surface area contributed by atoms with Gasteiger partial charge in [-0.25, -0.2) is 5.43 Å². The summed E-state index contributed by atoms with van der Waals surface area (Å²) in [6.45, 7) is 2.10. The molecule has 0 radical (unpaired) electrons. The van der Waals surface area contributed by atoms with Crippen LogP contribution in [0.25, 0.3) is 11.3 Å². The number of halogens is 1. The number of hydrogen-bond donors (Lipinski definition) is 3. The topological polar surface area (TPSA) is 90.4 Å². The quantitative estimate of drug-likeness (QED) is 0.438. The van der Waals surface area contributed by atoms with Crippen LogP contribution in [-0.2, 0) is 6.42 Å². The summed E-state index contributed by atoms with van der Waals surface area (Å²) in [5.74, 6) is -0.342. The predicted octanol–water partition coefficient (Wildman–Crippen LogP) is 3.87. The van der Waals surface area contributed by atoms with Crippen LogP contribution in [0.15, 0.2) is 58.1 Å². The fraction of sp³-hybridized carbons (Fsp3) is 0.105. The molecule has 0 aliphatic rings. The predicted molar refractivity (Wildman–Crippen MR) is 104 cm³/mol. The van der Waals surface area contributed by atoms with Gasteiger partial charge in [0.2, 0.25) is 0 Å².